The van der Waals surface area contributed by atoms with Crippen molar-refractivity contribution in [3.63, 3.8) is 0 Å². The molecule has 1 aliphatic rings. The van der Waals surface area contributed by atoms with E-state index >= 15 is 0 Å². The molecule has 0 bridgehead atoms. The molecule has 1 heterocycles. The molecule has 5 rings (SSSR count). The molecule has 1 saturated heterocycles. The van der Waals surface area contributed by atoms with Gasteiger partial charge in [-0.2, -0.15) is 0 Å². The zero-order valence-corrected chi connectivity index (χ0v) is 15.7. The van der Waals surface area contributed by atoms with E-state index in [1.54, 1.807) is 0 Å². The van der Waals surface area contributed by atoms with Crippen LogP contribution in [-0.4, -0.2) is 19.2 Å². The smallest absolute Gasteiger partial charge is 0.311 e. The van der Waals surface area contributed by atoms with Crippen molar-refractivity contribution < 1.29 is 14.3 Å². The van der Waals surface area contributed by atoms with E-state index in [9.17, 15) is 4.79 Å². The summed E-state index contributed by atoms with van der Waals surface area (Å²) < 4.78 is 10.5. The van der Waals surface area contributed by atoms with Gasteiger partial charge < -0.3 is 9.47 Å². The maximum atomic E-state index is 11.8. The molecule has 0 radical (unpaired) electrons. The van der Waals surface area contributed by atoms with Crippen molar-refractivity contribution in [2.24, 2.45) is 0 Å². The molecule has 4 aromatic carbocycles. The Labute approximate surface area is 159 Å². The van der Waals surface area contributed by atoms with Crippen LogP contribution < -0.4 is 4.74 Å². The summed E-state index contributed by atoms with van der Waals surface area (Å²) in [6.07, 6.45) is 3.80. The summed E-state index contributed by atoms with van der Waals surface area (Å²) >= 11 is 0. The van der Waals surface area contributed by atoms with Gasteiger partial charge in [-0.25, -0.2) is 0 Å². The molecule has 27 heavy (non-hydrogen) atoms. The number of rotatable bonds is 3. The fourth-order valence-corrected chi connectivity index (χ4v) is 3.69. The highest BCUT2D eigenvalue weighted by Crippen LogP contribution is 2.38. The van der Waals surface area contributed by atoms with E-state index in [4.69, 9.17) is 9.47 Å². The van der Waals surface area contributed by atoms with Crippen LogP contribution in [0.4, 0.5) is 0 Å². The first kappa shape index (κ1) is 17.7. The van der Waals surface area contributed by atoms with Gasteiger partial charge in [0.15, 0.2) is 0 Å². The maximum Gasteiger partial charge on any atom is 0.311 e. The van der Waals surface area contributed by atoms with Crippen LogP contribution >= 0.6 is 0 Å². The third kappa shape index (κ3) is 3.60. The predicted octanol–water partition coefficient (Wildman–Crippen LogP) is 6.09. The number of esters is 1. The van der Waals surface area contributed by atoms with Crippen LogP contribution in [0.3, 0.4) is 0 Å². The Morgan fingerprint density at radius 2 is 1.52 bits per heavy atom. The van der Waals surface area contributed by atoms with Crippen molar-refractivity contribution in [3.05, 3.63) is 54.6 Å². The number of carbonyl (C=O) groups is 1. The highest BCUT2D eigenvalue weighted by molar-refractivity contribution is 6.24. The second-order valence-electron chi connectivity index (χ2n) is 6.96. The van der Waals surface area contributed by atoms with Gasteiger partial charge in [-0.05, 0) is 52.9 Å². The molecule has 4 aromatic rings. The van der Waals surface area contributed by atoms with Crippen LogP contribution in [0.15, 0.2) is 54.6 Å². The normalized spacial score (nSPS) is 13.8. The molecule has 0 aliphatic carbocycles. The average Bonchev–Trinajstić information content (AvgIpc) is 3.27. The largest absolute Gasteiger partial charge is 0.426 e. The van der Waals surface area contributed by atoms with Crippen LogP contribution in [0.1, 0.15) is 32.6 Å². The molecule has 0 saturated carbocycles. The summed E-state index contributed by atoms with van der Waals surface area (Å²) in [7, 11) is 0. The highest BCUT2D eigenvalue weighted by Gasteiger charge is 2.13. The minimum Gasteiger partial charge on any atom is -0.426 e. The first-order valence-corrected chi connectivity index (χ1v) is 9.73. The van der Waals surface area contributed by atoms with Crippen LogP contribution in [0, 0.1) is 0 Å². The van der Waals surface area contributed by atoms with Crippen molar-refractivity contribution in [1.82, 2.24) is 0 Å². The first-order valence-electron chi connectivity index (χ1n) is 9.73. The minimum absolute atomic E-state index is 0.169. The lowest BCUT2D eigenvalue weighted by Crippen LogP contribution is -2.07. The first-order chi connectivity index (χ1) is 13.3. The van der Waals surface area contributed by atoms with Gasteiger partial charge in [0.05, 0.1) is 0 Å². The van der Waals surface area contributed by atoms with Crippen molar-refractivity contribution in [2.75, 3.05) is 13.2 Å². The highest BCUT2D eigenvalue weighted by atomic mass is 16.5. The Bertz CT molecular complexity index is 1040. The van der Waals surface area contributed by atoms with E-state index in [2.05, 4.69) is 42.5 Å². The maximum absolute atomic E-state index is 11.8. The average molecular weight is 360 g/mol. The van der Waals surface area contributed by atoms with Crippen LogP contribution in [0.2, 0.25) is 0 Å². The lowest BCUT2D eigenvalue weighted by Gasteiger charge is -2.13. The lowest BCUT2D eigenvalue weighted by atomic mass is 9.94. The summed E-state index contributed by atoms with van der Waals surface area (Å²) in [4.78, 5) is 11.8. The quantitative estimate of drug-likeness (QED) is 0.252. The number of hydrogen-bond acceptors (Lipinski definition) is 3. The Hall–Kier alpha value is -2.65. The summed E-state index contributed by atoms with van der Waals surface area (Å²) in [6, 6.07) is 18.7. The van der Waals surface area contributed by atoms with E-state index in [1.165, 1.54) is 39.8 Å². The van der Waals surface area contributed by atoms with Crippen LogP contribution in [0.5, 0.6) is 5.75 Å². The summed E-state index contributed by atoms with van der Waals surface area (Å²) in [5.74, 6) is 0.488. The van der Waals surface area contributed by atoms with E-state index in [-0.39, 0.29) is 5.97 Å². The number of benzene rings is 4. The molecule has 0 amide bonds. The SMILES string of the molecule is C1CCOC1.CCCC(=O)Oc1ccc2ccc3cccc4ccc1c2c34. The third-order valence-electron chi connectivity index (χ3n) is 4.99. The molecule has 138 valence electrons. The predicted molar refractivity (Wildman–Crippen MR) is 111 cm³/mol. The molecular weight excluding hydrogens is 336 g/mol. The zero-order valence-electron chi connectivity index (χ0n) is 15.7. The van der Waals surface area contributed by atoms with Crippen molar-refractivity contribution >= 4 is 38.3 Å². The Morgan fingerprint density at radius 3 is 2.15 bits per heavy atom. The number of hydrogen-bond donors (Lipinski definition) is 0. The van der Waals surface area contributed by atoms with Gasteiger partial charge in [0.25, 0.3) is 0 Å². The lowest BCUT2D eigenvalue weighted by molar-refractivity contribution is -0.134. The van der Waals surface area contributed by atoms with Crippen molar-refractivity contribution in [2.45, 2.75) is 32.6 Å². The van der Waals surface area contributed by atoms with E-state index in [0.717, 1.165) is 25.0 Å². The third-order valence-corrected chi connectivity index (χ3v) is 4.99. The van der Waals surface area contributed by atoms with Gasteiger partial charge in [0.2, 0.25) is 0 Å². The van der Waals surface area contributed by atoms with E-state index in [1.807, 2.05) is 19.1 Å². The molecule has 0 N–H and O–H groups in total. The molecule has 0 atom stereocenters. The Kier molecular flexibility index (Phi) is 5.21. The molecule has 3 heteroatoms. The van der Waals surface area contributed by atoms with Gasteiger partial charge in [0, 0.05) is 30.4 Å². The summed E-state index contributed by atoms with van der Waals surface area (Å²) in [5, 5.41) is 7.03. The minimum atomic E-state index is -0.169. The Balaban J connectivity index is 0.000000314. The molecule has 0 unspecified atom stereocenters. The van der Waals surface area contributed by atoms with Crippen LogP contribution in [-0.2, 0) is 9.53 Å². The number of ether oxygens (including phenoxy) is 2. The molecular formula is C24H24O3. The molecule has 3 nitrogen and oxygen atoms in total. The Morgan fingerprint density at radius 1 is 0.889 bits per heavy atom. The van der Waals surface area contributed by atoms with Crippen LogP contribution in [0.25, 0.3) is 32.3 Å². The van der Waals surface area contributed by atoms with Crippen molar-refractivity contribution in [1.29, 1.82) is 0 Å². The topological polar surface area (TPSA) is 35.5 Å². The van der Waals surface area contributed by atoms with Gasteiger partial charge in [-0.1, -0.05) is 49.4 Å². The molecule has 1 aliphatic heterocycles. The standard InChI is InChI=1S/C20H16O2.C4H8O/c1-2-4-18(21)22-17-12-10-15-8-7-13-5-3-6-14-9-11-16(17)20(15)19(13)14;1-2-4-5-3-1/h3,5-12H,2,4H2,1H3;1-4H2. The number of carbonyl (C=O) groups excluding carboxylic acids is 1. The van der Waals surface area contributed by atoms with Gasteiger partial charge in [-0.15, -0.1) is 0 Å². The molecule has 0 aromatic heterocycles. The zero-order chi connectivity index (χ0) is 18.6. The van der Waals surface area contributed by atoms with Crippen molar-refractivity contribution in [3.8, 4) is 5.75 Å². The molecule has 0 spiro atoms. The van der Waals surface area contributed by atoms with E-state index in [0.29, 0.717) is 12.2 Å². The summed E-state index contributed by atoms with van der Waals surface area (Å²) in [6.45, 7) is 3.98. The van der Waals surface area contributed by atoms with Gasteiger partial charge >= 0.3 is 5.97 Å². The fourth-order valence-electron chi connectivity index (χ4n) is 3.69. The van der Waals surface area contributed by atoms with Gasteiger partial charge in [0.1, 0.15) is 5.75 Å². The second-order valence-corrected chi connectivity index (χ2v) is 6.96. The monoisotopic (exact) mass is 360 g/mol. The second kappa shape index (κ2) is 7.93. The summed E-state index contributed by atoms with van der Waals surface area (Å²) in [5.41, 5.74) is 0. The fraction of sp³-hybridized carbons (Fsp3) is 0.292. The van der Waals surface area contributed by atoms with E-state index < -0.39 is 0 Å². The van der Waals surface area contributed by atoms with Gasteiger partial charge in [-0.3, -0.25) is 4.79 Å². The molecule has 1 fully saturated rings.